The predicted octanol–water partition coefficient (Wildman–Crippen LogP) is 1.66. The zero-order valence-corrected chi connectivity index (χ0v) is 11.3. The zero-order valence-electron chi connectivity index (χ0n) is 8.86. The molecular formula is C10H14BrN3OS. The minimum absolute atomic E-state index is 0.612. The molecule has 0 aliphatic carbocycles. The van der Waals surface area contributed by atoms with Crippen LogP contribution in [0.3, 0.4) is 0 Å². The molecule has 2 heterocycles. The Labute approximate surface area is 107 Å². The monoisotopic (exact) mass is 303 g/mol. The van der Waals surface area contributed by atoms with Gasteiger partial charge in [0, 0.05) is 13.1 Å². The minimum Gasteiger partial charge on any atom is -0.378 e. The van der Waals surface area contributed by atoms with Crippen LogP contribution < -0.4 is 5.73 Å². The minimum atomic E-state index is 0.612. The van der Waals surface area contributed by atoms with Crippen molar-refractivity contribution in [3.63, 3.8) is 0 Å². The largest absolute Gasteiger partial charge is 0.378 e. The molecule has 2 N–H and O–H groups in total. The van der Waals surface area contributed by atoms with Crippen molar-refractivity contribution in [2.75, 3.05) is 26.3 Å². The van der Waals surface area contributed by atoms with Crippen LogP contribution in [0.1, 0.15) is 5.56 Å². The molecule has 1 aliphatic heterocycles. The third-order valence-electron chi connectivity index (χ3n) is 2.44. The Kier molecular flexibility index (Phi) is 4.20. The lowest BCUT2D eigenvalue weighted by Gasteiger charge is -2.27. The van der Waals surface area contributed by atoms with Gasteiger partial charge in [0.15, 0.2) is 5.96 Å². The second-order valence-electron chi connectivity index (χ2n) is 3.49. The fourth-order valence-corrected chi connectivity index (χ4v) is 2.71. The van der Waals surface area contributed by atoms with Crippen molar-refractivity contribution in [2.45, 2.75) is 6.54 Å². The van der Waals surface area contributed by atoms with Gasteiger partial charge < -0.3 is 15.4 Å². The number of hydrogen-bond acceptors (Lipinski definition) is 3. The standard InChI is InChI=1S/C10H14BrN3OS/c11-9-8(1-6-16-9)7-13-10(12)14-2-4-15-5-3-14/h1,6H,2-5,7H2,(H2,12,13). The molecule has 1 aliphatic rings. The number of ether oxygens (including phenoxy) is 1. The van der Waals surface area contributed by atoms with E-state index in [-0.39, 0.29) is 0 Å². The van der Waals surface area contributed by atoms with E-state index >= 15 is 0 Å². The molecule has 1 saturated heterocycles. The SMILES string of the molecule is NC(=NCc1ccsc1Br)N1CCOCC1. The highest BCUT2D eigenvalue weighted by Gasteiger charge is 2.12. The van der Waals surface area contributed by atoms with E-state index < -0.39 is 0 Å². The molecule has 1 aromatic heterocycles. The summed E-state index contributed by atoms with van der Waals surface area (Å²) in [5.41, 5.74) is 7.11. The number of guanidine groups is 1. The second-order valence-corrected chi connectivity index (χ2v) is 5.73. The van der Waals surface area contributed by atoms with Crippen molar-refractivity contribution in [3.8, 4) is 0 Å². The van der Waals surface area contributed by atoms with Crippen molar-refractivity contribution < 1.29 is 4.74 Å². The van der Waals surface area contributed by atoms with Crippen LogP contribution in [0, 0.1) is 0 Å². The number of nitrogens with zero attached hydrogens (tertiary/aromatic N) is 2. The number of morpholine rings is 1. The first-order chi connectivity index (χ1) is 7.77. The highest BCUT2D eigenvalue weighted by molar-refractivity contribution is 9.11. The maximum absolute atomic E-state index is 5.92. The first-order valence-corrected chi connectivity index (χ1v) is 6.79. The average molecular weight is 304 g/mol. The highest BCUT2D eigenvalue weighted by atomic mass is 79.9. The van der Waals surface area contributed by atoms with Gasteiger partial charge >= 0.3 is 0 Å². The molecule has 0 aromatic carbocycles. The Morgan fingerprint density at radius 3 is 2.94 bits per heavy atom. The summed E-state index contributed by atoms with van der Waals surface area (Å²) in [4.78, 5) is 6.45. The quantitative estimate of drug-likeness (QED) is 0.668. The van der Waals surface area contributed by atoms with E-state index in [0.717, 1.165) is 30.1 Å². The molecule has 1 fully saturated rings. The zero-order chi connectivity index (χ0) is 11.4. The highest BCUT2D eigenvalue weighted by Crippen LogP contribution is 2.23. The molecule has 0 amide bonds. The molecule has 1 aromatic rings. The van der Waals surface area contributed by atoms with Gasteiger partial charge in [-0.1, -0.05) is 0 Å². The van der Waals surface area contributed by atoms with Crippen LogP contribution in [0.15, 0.2) is 20.2 Å². The number of aliphatic imine (C=N–C) groups is 1. The van der Waals surface area contributed by atoms with E-state index in [4.69, 9.17) is 10.5 Å². The molecule has 0 radical (unpaired) electrons. The predicted molar refractivity (Wildman–Crippen MR) is 69.7 cm³/mol. The van der Waals surface area contributed by atoms with E-state index in [0.29, 0.717) is 12.5 Å². The Bertz CT molecular complexity index is 374. The van der Waals surface area contributed by atoms with Gasteiger partial charge in [-0.25, -0.2) is 4.99 Å². The van der Waals surface area contributed by atoms with Gasteiger partial charge in [0.25, 0.3) is 0 Å². The van der Waals surface area contributed by atoms with Crippen molar-refractivity contribution in [2.24, 2.45) is 10.7 Å². The van der Waals surface area contributed by atoms with Gasteiger partial charge in [0.2, 0.25) is 0 Å². The summed E-state index contributed by atoms with van der Waals surface area (Å²) in [5, 5.41) is 2.04. The normalized spacial score (nSPS) is 17.8. The molecule has 2 rings (SSSR count). The summed E-state index contributed by atoms with van der Waals surface area (Å²) in [6.45, 7) is 3.77. The first kappa shape index (κ1) is 11.9. The molecular weight excluding hydrogens is 290 g/mol. The lowest BCUT2D eigenvalue weighted by Crippen LogP contribution is -2.44. The molecule has 0 atom stereocenters. The molecule has 0 bridgehead atoms. The third-order valence-corrected chi connectivity index (χ3v) is 4.25. The Balaban J connectivity index is 1.93. The topological polar surface area (TPSA) is 50.8 Å². The maximum Gasteiger partial charge on any atom is 0.191 e. The third kappa shape index (κ3) is 2.96. The Morgan fingerprint density at radius 2 is 2.31 bits per heavy atom. The lowest BCUT2D eigenvalue weighted by atomic mass is 10.3. The fourth-order valence-electron chi connectivity index (χ4n) is 1.49. The van der Waals surface area contributed by atoms with Crippen LogP contribution in [0.5, 0.6) is 0 Å². The molecule has 0 spiro atoms. The van der Waals surface area contributed by atoms with Crippen molar-refractivity contribution in [1.82, 2.24) is 4.90 Å². The van der Waals surface area contributed by atoms with Crippen molar-refractivity contribution >= 4 is 33.2 Å². The Hall–Kier alpha value is -0.590. The van der Waals surface area contributed by atoms with Crippen LogP contribution in [0.25, 0.3) is 0 Å². The van der Waals surface area contributed by atoms with Crippen LogP contribution in [-0.2, 0) is 11.3 Å². The number of thiophene rings is 1. The molecule has 0 saturated carbocycles. The summed E-state index contributed by atoms with van der Waals surface area (Å²) in [7, 11) is 0. The van der Waals surface area contributed by atoms with Gasteiger partial charge in [-0.05, 0) is 32.9 Å². The van der Waals surface area contributed by atoms with Gasteiger partial charge in [-0.2, -0.15) is 0 Å². The molecule has 88 valence electrons. The smallest absolute Gasteiger partial charge is 0.191 e. The number of hydrogen-bond donors (Lipinski definition) is 1. The van der Waals surface area contributed by atoms with Crippen molar-refractivity contribution in [3.05, 3.63) is 20.8 Å². The van der Waals surface area contributed by atoms with Crippen LogP contribution in [0.4, 0.5) is 0 Å². The average Bonchev–Trinajstić information content (AvgIpc) is 2.73. The summed E-state index contributed by atoms with van der Waals surface area (Å²) in [6, 6.07) is 2.06. The van der Waals surface area contributed by atoms with Gasteiger partial charge in [0.05, 0.1) is 23.5 Å². The van der Waals surface area contributed by atoms with Crippen molar-refractivity contribution in [1.29, 1.82) is 0 Å². The number of halogens is 1. The van der Waals surface area contributed by atoms with E-state index in [1.54, 1.807) is 11.3 Å². The number of nitrogens with two attached hydrogens (primary N) is 1. The fraction of sp³-hybridized carbons (Fsp3) is 0.500. The Morgan fingerprint density at radius 1 is 1.56 bits per heavy atom. The van der Waals surface area contributed by atoms with E-state index in [9.17, 15) is 0 Å². The summed E-state index contributed by atoms with van der Waals surface area (Å²) >= 11 is 5.15. The number of rotatable bonds is 2. The maximum atomic E-state index is 5.92. The van der Waals surface area contributed by atoms with E-state index in [1.165, 1.54) is 5.56 Å². The molecule has 6 heteroatoms. The van der Waals surface area contributed by atoms with E-state index in [2.05, 4.69) is 31.9 Å². The lowest BCUT2D eigenvalue weighted by molar-refractivity contribution is 0.0674. The summed E-state index contributed by atoms with van der Waals surface area (Å²) in [6.07, 6.45) is 0. The molecule has 16 heavy (non-hydrogen) atoms. The van der Waals surface area contributed by atoms with Crippen LogP contribution in [-0.4, -0.2) is 37.2 Å². The van der Waals surface area contributed by atoms with Gasteiger partial charge in [0.1, 0.15) is 0 Å². The van der Waals surface area contributed by atoms with E-state index in [1.807, 2.05) is 5.38 Å². The second kappa shape index (κ2) is 5.65. The van der Waals surface area contributed by atoms with Gasteiger partial charge in [-0.3, -0.25) is 0 Å². The van der Waals surface area contributed by atoms with Gasteiger partial charge in [-0.15, -0.1) is 11.3 Å². The molecule has 0 unspecified atom stereocenters. The summed E-state index contributed by atoms with van der Waals surface area (Å²) in [5.74, 6) is 0.612. The van der Waals surface area contributed by atoms with Crippen LogP contribution >= 0.6 is 27.3 Å². The first-order valence-electron chi connectivity index (χ1n) is 5.12. The van der Waals surface area contributed by atoms with Crippen LogP contribution in [0.2, 0.25) is 0 Å². The molecule has 4 nitrogen and oxygen atoms in total. The summed E-state index contributed by atoms with van der Waals surface area (Å²) < 4.78 is 6.39.